The van der Waals surface area contributed by atoms with Crippen LogP contribution in [0.25, 0.3) is 0 Å². The molecule has 2 N–H and O–H groups in total. The molecule has 0 saturated heterocycles. The molecular formula is C13H15N3O4. The second kappa shape index (κ2) is 6.05. The zero-order valence-corrected chi connectivity index (χ0v) is 11.2. The van der Waals surface area contributed by atoms with Gasteiger partial charge in [-0.25, -0.2) is 5.43 Å². The Morgan fingerprint density at radius 3 is 2.70 bits per heavy atom. The van der Waals surface area contributed by atoms with Crippen molar-refractivity contribution in [1.29, 1.82) is 0 Å². The van der Waals surface area contributed by atoms with Gasteiger partial charge in [0.15, 0.2) is 11.5 Å². The van der Waals surface area contributed by atoms with E-state index >= 15 is 0 Å². The average molecular weight is 277 g/mol. The minimum absolute atomic E-state index is 0.0117. The van der Waals surface area contributed by atoms with Crippen molar-refractivity contribution in [1.82, 2.24) is 10.7 Å². The van der Waals surface area contributed by atoms with E-state index in [0.717, 1.165) is 5.56 Å². The van der Waals surface area contributed by atoms with E-state index < -0.39 is 0 Å². The number of ether oxygens (including phenoxy) is 2. The van der Waals surface area contributed by atoms with E-state index in [2.05, 4.69) is 15.8 Å². The molecule has 7 nitrogen and oxygen atoms in total. The molecule has 1 heterocycles. The van der Waals surface area contributed by atoms with Gasteiger partial charge in [-0.3, -0.25) is 9.59 Å². The number of hydrogen-bond acceptors (Lipinski definition) is 5. The van der Waals surface area contributed by atoms with Crippen LogP contribution in [-0.2, 0) is 16.1 Å². The maximum atomic E-state index is 11.8. The maximum Gasteiger partial charge on any atom is 0.268 e. The molecule has 0 fully saturated rings. The molecule has 0 unspecified atom stereocenters. The lowest BCUT2D eigenvalue weighted by molar-refractivity contribution is -0.120. The Kier molecular flexibility index (Phi) is 4.19. The van der Waals surface area contributed by atoms with Crippen LogP contribution in [0.1, 0.15) is 12.0 Å². The summed E-state index contributed by atoms with van der Waals surface area (Å²) < 4.78 is 10.3. The Balaban J connectivity index is 1.97. The van der Waals surface area contributed by atoms with Crippen LogP contribution >= 0.6 is 0 Å². The van der Waals surface area contributed by atoms with Crippen LogP contribution in [-0.4, -0.2) is 31.7 Å². The van der Waals surface area contributed by atoms with Crippen molar-refractivity contribution < 1.29 is 19.1 Å². The first-order chi connectivity index (χ1) is 9.63. The van der Waals surface area contributed by atoms with Crippen molar-refractivity contribution in [3.05, 3.63) is 23.8 Å². The van der Waals surface area contributed by atoms with E-state index in [1.54, 1.807) is 26.4 Å². The number of amides is 2. The highest BCUT2D eigenvalue weighted by Gasteiger charge is 2.21. The fraction of sp³-hybridized carbons (Fsp3) is 0.308. The number of rotatable bonds is 5. The van der Waals surface area contributed by atoms with Crippen LogP contribution < -0.4 is 20.2 Å². The van der Waals surface area contributed by atoms with Gasteiger partial charge in [0, 0.05) is 6.54 Å². The number of hydrazone groups is 1. The van der Waals surface area contributed by atoms with Crippen LogP contribution in [0.4, 0.5) is 0 Å². The highest BCUT2D eigenvalue weighted by atomic mass is 16.5. The molecule has 0 radical (unpaired) electrons. The average Bonchev–Trinajstić information content (AvgIpc) is 2.91. The maximum absolute atomic E-state index is 11.8. The minimum atomic E-state index is -0.363. The summed E-state index contributed by atoms with van der Waals surface area (Å²) in [7, 11) is 3.10. The lowest BCUT2D eigenvalue weighted by Gasteiger charge is -2.10. The van der Waals surface area contributed by atoms with Gasteiger partial charge < -0.3 is 14.8 Å². The highest BCUT2D eigenvalue weighted by molar-refractivity contribution is 6.43. The topological polar surface area (TPSA) is 89.0 Å². The first-order valence-corrected chi connectivity index (χ1v) is 5.98. The predicted octanol–water partition coefficient (Wildman–Crippen LogP) is 0.196. The Morgan fingerprint density at radius 1 is 1.35 bits per heavy atom. The van der Waals surface area contributed by atoms with Crippen molar-refractivity contribution in [3.63, 3.8) is 0 Å². The largest absolute Gasteiger partial charge is 0.493 e. The molecule has 1 aliphatic heterocycles. The van der Waals surface area contributed by atoms with Crippen LogP contribution in [0, 0.1) is 0 Å². The van der Waals surface area contributed by atoms with Gasteiger partial charge in [0.2, 0.25) is 5.91 Å². The zero-order chi connectivity index (χ0) is 14.5. The summed E-state index contributed by atoms with van der Waals surface area (Å²) in [6.07, 6.45) is 0.0117. The summed E-state index contributed by atoms with van der Waals surface area (Å²) in [4.78, 5) is 22.7. The molecule has 0 aromatic heterocycles. The smallest absolute Gasteiger partial charge is 0.268 e. The van der Waals surface area contributed by atoms with E-state index in [0.29, 0.717) is 18.0 Å². The van der Waals surface area contributed by atoms with Crippen LogP contribution in [0.15, 0.2) is 23.3 Å². The molecule has 7 heteroatoms. The molecule has 106 valence electrons. The summed E-state index contributed by atoms with van der Waals surface area (Å²) in [5, 5.41) is 6.34. The van der Waals surface area contributed by atoms with Crippen molar-refractivity contribution in [2.24, 2.45) is 5.10 Å². The van der Waals surface area contributed by atoms with Crippen molar-refractivity contribution in [3.8, 4) is 11.5 Å². The summed E-state index contributed by atoms with van der Waals surface area (Å²) >= 11 is 0. The molecule has 0 bridgehead atoms. The van der Waals surface area contributed by atoms with Crippen LogP contribution in [0.2, 0.25) is 0 Å². The van der Waals surface area contributed by atoms with Gasteiger partial charge >= 0.3 is 0 Å². The van der Waals surface area contributed by atoms with Gasteiger partial charge in [0.1, 0.15) is 5.71 Å². The standard InChI is InChI=1S/C13H15N3O4/c1-19-10-4-3-8(5-11(10)20-2)7-14-13(18)9-6-12(17)16-15-9/h3-5H,6-7H2,1-2H3,(H,14,18)(H,16,17). The van der Waals surface area contributed by atoms with Gasteiger partial charge in [0.25, 0.3) is 5.91 Å². The number of carbonyl (C=O) groups is 2. The minimum Gasteiger partial charge on any atom is -0.493 e. The summed E-state index contributed by atoms with van der Waals surface area (Å²) in [6.45, 7) is 0.312. The summed E-state index contributed by atoms with van der Waals surface area (Å²) in [6, 6.07) is 5.36. The number of nitrogens with one attached hydrogen (secondary N) is 2. The van der Waals surface area contributed by atoms with Gasteiger partial charge in [-0.2, -0.15) is 5.10 Å². The third-order valence-electron chi connectivity index (χ3n) is 2.81. The van der Waals surface area contributed by atoms with E-state index in [1.165, 1.54) is 0 Å². The first-order valence-electron chi connectivity index (χ1n) is 5.98. The predicted molar refractivity (Wildman–Crippen MR) is 71.6 cm³/mol. The lowest BCUT2D eigenvalue weighted by atomic mass is 10.2. The Morgan fingerprint density at radius 2 is 2.10 bits per heavy atom. The molecule has 0 saturated carbocycles. The summed E-state index contributed by atoms with van der Waals surface area (Å²) in [5.74, 6) is 0.575. The second-order valence-electron chi connectivity index (χ2n) is 4.14. The molecular weight excluding hydrogens is 262 g/mol. The van der Waals surface area contributed by atoms with Gasteiger partial charge in [0.05, 0.1) is 20.6 Å². The summed E-state index contributed by atoms with van der Waals surface area (Å²) in [5.41, 5.74) is 3.28. The number of methoxy groups -OCH3 is 2. The molecule has 1 aliphatic rings. The fourth-order valence-corrected chi connectivity index (χ4v) is 1.77. The number of nitrogens with zero attached hydrogens (tertiary/aromatic N) is 1. The van der Waals surface area contributed by atoms with E-state index in [4.69, 9.17) is 9.47 Å². The van der Waals surface area contributed by atoms with Crippen LogP contribution in [0.3, 0.4) is 0 Å². The van der Waals surface area contributed by atoms with Crippen molar-refractivity contribution >= 4 is 17.5 Å². The van der Waals surface area contributed by atoms with Gasteiger partial charge in [-0.15, -0.1) is 0 Å². The Hall–Kier alpha value is -2.57. The third-order valence-corrected chi connectivity index (χ3v) is 2.81. The number of hydrogen-bond donors (Lipinski definition) is 2. The highest BCUT2D eigenvalue weighted by Crippen LogP contribution is 2.27. The van der Waals surface area contributed by atoms with Crippen LogP contribution in [0.5, 0.6) is 11.5 Å². The molecule has 1 aromatic carbocycles. The molecule has 2 amide bonds. The molecule has 0 atom stereocenters. The van der Waals surface area contributed by atoms with Crippen molar-refractivity contribution in [2.45, 2.75) is 13.0 Å². The van der Waals surface area contributed by atoms with Gasteiger partial charge in [-0.05, 0) is 17.7 Å². The molecule has 1 aromatic rings. The molecule has 20 heavy (non-hydrogen) atoms. The molecule has 2 rings (SSSR count). The fourth-order valence-electron chi connectivity index (χ4n) is 1.77. The van der Waals surface area contributed by atoms with E-state index in [9.17, 15) is 9.59 Å². The number of benzene rings is 1. The normalized spacial score (nSPS) is 13.5. The lowest BCUT2D eigenvalue weighted by Crippen LogP contribution is -2.30. The van der Waals surface area contributed by atoms with E-state index in [1.807, 2.05) is 6.07 Å². The Labute approximate surface area is 115 Å². The second-order valence-corrected chi connectivity index (χ2v) is 4.14. The Bertz CT molecular complexity index is 569. The van der Waals surface area contributed by atoms with Gasteiger partial charge in [-0.1, -0.05) is 6.07 Å². The monoisotopic (exact) mass is 277 g/mol. The zero-order valence-electron chi connectivity index (χ0n) is 11.2. The first kappa shape index (κ1) is 13.9. The molecule has 0 aliphatic carbocycles. The van der Waals surface area contributed by atoms with Crippen molar-refractivity contribution in [2.75, 3.05) is 14.2 Å². The quantitative estimate of drug-likeness (QED) is 0.804. The SMILES string of the molecule is COc1ccc(CNC(=O)C2=NNC(=O)C2)cc1OC. The third kappa shape index (κ3) is 3.05. The molecule has 0 spiro atoms. The van der Waals surface area contributed by atoms with E-state index in [-0.39, 0.29) is 23.9 Å². The number of carbonyl (C=O) groups excluding carboxylic acids is 2.